The molecule has 1 aliphatic heterocycles. The third-order valence-corrected chi connectivity index (χ3v) is 8.19. The van der Waals surface area contributed by atoms with Crippen molar-refractivity contribution in [3.8, 4) is 5.75 Å². The van der Waals surface area contributed by atoms with Gasteiger partial charge in [0.2, 0.25) is 0 Å². The van der Waals surface area contributed by atoms with Crippen LogP contribution in [0.3, 0.4) is 0 Å². The van der Waals surface area contributed by atoms with E-state index in [1.807, 2.05) is 0 Å². The number of nitrogens with one attached hydrogen (secondary N) is 1. The number of fused-ring (bicyclic) bond motifs is 5. The number of Topliss-reactive ketones (excluding diaryl/α,β-unsaturated/α-hetero) is 1. The summed E-state index contributed by atoms with van der Waals surface area (Å²) in [5.74, 6) is 3.48. The molecule has 3 fully saturated rings. The average Bonchev–Trinajstić information content (AvgIpc) is 3.02. The minimum absolute atomic E-state index is 0.0352. The first-order valence-corrected chi connectivity index (χ1v) is 10.8. The molecular formula is C23H32N2O2. The molecule has 4 nitrogen and oxygen atoms in total. The Labute approximate surface area is 162 Å². The highest BCUT2D eigenvalue weighted by Crippen LogP contribution is 2.60. The van der Waals surface area contributed by atoms with Crippen molar-refractivity contribution in [3.05, 3.63) is 23.3 Å². The second kappa shape index (κ2) is 6.51. The van der Waals surface area contributed by atoms with E-state index in [-0.39, 0.29) is 5.41 Å². The molecule has 0 aromatic heterocycles. The Bertz CT molecular complexity index is 755. The van der Waals surface area contributed by atoms with E-state index >= 15 is 0 Å². The predicted molar refractivity (Wildman–Crippen MR) is 108 cm³/mol. The van der Waals surface area contributed by atoms with Gasteiger partial charge in [-0.3, -0.25) is 4.79 Å². The van der Waals surface area contributed by atoms with Gasteiger partial charge in [-0.25, -0.2) is 0 Å². The maximum Gasteiger partial charge on any atom is 0.142 e. The van der Waals surface area contributed by atoms with Crippen LogP contribution < -0.4 is 15.0 Å². The molecule has 1 aromatic carbocycles. The average molecular weight is 369 g/mol. The Hall–Kier alpha value is -1.55. The Kier molecular flexibility index (Phi) is 4.23. The molecule has 4 aliphatic rings. The molecule has 1 N–H and O–H groups in total. The first-order chi connectivity index (χ1) is 13.1. The number of methoxy groups -OCH3 is 1. The highest BCUT2D eigenvalue weighted by atomic mass is 16.5. The number of anilines is 1. The van der Waals surface area contributed by atoms with Crippen LogP contribution in [0.4, 0.5) is 5.69 Å². The molecule has 3 aliphatic carbocycles. The SMILES string of the molecule is COc1cc2c(cc1N1CCNCC1)C1CC[C@]3(C)C(=O)CC[C@H]3[C@@H]1CC2. The summed E-state index contributed by atoms with van der Waals surface area (Å²) in [5, 5.41) is 3.45. The van der Waals surface area contributed by atoms with Crippen molar-refractivity contribution in [1.82, 2.24) is 5.32 Å². The van der Waals surface area contributed by atoms with Gasteiger partial charge in [0.1, 0.15) is 11.5 Å². The van der Waals surface area contributed by atoms with Gasteiger partial charge in [-0.15, -0.1) is 0 Å². The lowest BCUT2D eigenvalue weighted by molar-refractivity contribution is -0.129. The van der Waals surface area contributed by atoms with Crippen molar-refractivity contribution in [2.45, 2.75) is 51.4 Å². The number of ketones is 1. The number of benzene rings is 1. The zero-order valence-corrected chi connectivity index (χ0v) is 16.7. The number of ether oxygens (including phenoxy) is 1. The smallest absolute Gasteiger partial charge is 0.142 e. The van der Waals surface area contributed by atoms with Gasteiger partial charge >= 0.3 is 0 Å². The highest BCUT2D eigenvalue weighted by molar-refractivity contribution is 5.87. The quantitative estimate of drug-likeness (QED) is 0.867. The van der Waals surface area contributed by atoms with Gasteiger partial charge in [0.05, 0.1) is 12.8 Å². The summed E-state index contributed by atoms with van der Waals surface area (Å²) in [5.41, 5.74) is 4.28. The lowest BCUT2D eigenvalue weighted by Crippen LogP contribution is -2.44. The van der Waals surface area contributed by atoms with Crippen LogP contribution in [0.25, 0.3) is 0 Å². The number of piperazine rings is 1. The molecular weight excluding hydrogens is 336 g/mol. The van der Waals surface area contributed by atoms with Gasteiger partial charge in [-0.2, -0.15) is 0 Å². The van der Waals surface area contributed by atoms with Gasteiger partial charge in [0.15, 0.2) is 0 Å². The van der Waals surface area contributed by atoms with Crippen molar-refractivity contribution in [2.75, 3.05) is 38.2 Å². The Morgan fingerprint density at radius 2 is 1.96 bits per heavy atom. The van der Waals surface area contributed by atoms with Crippen LogP contribution in [0, 0.1) is 17.3 Å². The number of hydrogen-bond donors (Lipinski definition) is 1. The lowest BCUT2D eigenvalue weighted by atomic mass is 9.55. The van der Waals surface area contributed by atoms with E-state index in [1.54, 1.807) is 12.7 Å². The molecule has 4 atom stereocenters. The zero-order chi connectivity index (χ0) is 18.6. The fourth-order valence-electron chi connectivity index (χ4n) is 6.67. The molecule has 0 radical (unpaired) electrons. The summed E-state index contributed by atoms with van der Waals surface area (Å²) in [6.45, 7) is 6.42. The summed E-state index contributed by atoms with van der Waals surface area (Å²) in [6.07, 6.45) is 6.55. The minimum Gasteiger partial charge on any atom is -0.495 e. The molecule has 1 heterocycles. The van der Waals surface area contributed by atoms with Crippen LogP contribution in [-0.4, -0.2) is 39.1 Å². The maximum atomic E-state index is 12.6. The molecule has 2 saturated carbocycles. The van der Waals surface area contributed by atoms with Crippen LogP contribution in [0.15, 0.2) is 12.1 Å². The topological polar surface area (TPSA) is 41.6 Å². The first kappa shape index (κ1) is 17.5. The second-order valence-electron chi connectivity index (χ2n) is 9.29. The molecule has 0 bridgehead atoms. The largest absolute Gasteiger partial charge is 0.495 e. The summed E-state index contributed by atoms with van der Waals surface area (Å²) in [4.78, 5) is 15.0. The minimum atomic E-state index is -0.0352. The molecule has 1 aromatic rings. The molecule has 5 rings (SSSR count). The fourth-order valence-corrected chi connectivity index (χ4v) is 6.67. The van der Waals surface area contributed by atoms with Gasteiger partial charge in [0, 0.05) is 38.0 Å². The van der Waals surface area contributed by atoms with E-state index < -0.39 is 0 Å². The van der Waals surface area contributed by atoms with Crippen LogP contribution in [-0.2, 0) is 11.2 Å². The highest BCUT2D eigenvalue weighted by Gasteiger charge is 2.54. The number of aryl methyl sites for hydroxylation is 1. The van der Waals surface area contributed by atoms with Crippen LogP contribution in [0.5, 0.6) is 5.75 Å². The summed E-state index contributed by atoms with van der Waals surface area (Å²) >= 11 is 0. The number of carbonyl (C=O) groups excluding carboxylic acids is 1. The third kappa shape index (κ3) is 2.63. The number of hydrogen-bond acceptors (Lipinski definition) is 4. The number of nitrogens with zero attached hydrogens (tertiary/aromatic N) is 1. The van der Waals surface area contributed by atoms with Gasteiger partial charge in [-0.1, -0.05) is 6.92 Å². The van der Waals surface area contributed by atoms with Gasteiger partial charge in [-0.05, 0) is 73.1 Å². The van der Waals surface area contributed by atoms with E-state index in [2.05, 4.69) is 29.3 Å². The first-order valence-electron chi connectivity index (χ1n) is 10.8. The van der Waals surface area contributed by atoms with E-state index in [9.17, 15) is 4.79 Å². The predicted octanol–water partition coefficient (Wildman–Crippen LogP) is 3.53. The van der Waals surface area contributed by atoms with Gasteiger partial charge in [0.25, 0.3) is 0 Å². The monoisotopic (exact) mass is 368 g/mol. The van der Waals surface area contributed by atoms with Crippen LogP contribution in [0.1, 0.15) is 56.1 Å². The maximum absolute atomic E-state index is 12.6. The molecule has 27 heavy (non-hydrogen) atoms. The van der Waals surface area contributed by atoms with Crippen molar-refractivity contribution in [1.29, 1.82) is 0 Å². The Balaban J connectivity index is 1.52. The van der Waals surface area contributed by atoms with E-state index in [1.165, 1.54) is 24.1 Å². The lowest BCUT2D eigenvalue weighted by Gasteiger charge is -2.48. The Morgan fingerprint density at radius 3 is 2.74 bits per heavy atom. The third-order valence-electron chi connectivity index (χ3n) is 8.19. The molecule has 4 heteroatoms. The van der Waals surface area contributed by atoms with E-state index in [0.717, 1.165) is 57.6 Å². The standard InChI is InChI=1S/C23H32N2O2/c1-23-8-7-16-17(19(23)5-6-22(23)26)4-3-15-13-21(27-2)20(14-18(15)16)25-11-9-24-10-12-25/h13-14,16-17,19,24H,3-12H2,1-2H3/t16?,17-,19+,23+/m1/s1. The summed E-state index contributed by atoms with van der Waals surface area (Å²) in [6, 6.07) is 4.77. The zero-order valence-electron chi connectivity index (χ0n) is 16.7. The summed E-state index contributed by atoms with van der Waals surface area (Å²) < 4.78 is 5.79. The second-order valence-corrected chi connectivity index (χ2v) is 9.29. The molecule has 0 spiro atoms. The van der Waals surface area contributed by atoms with Crippen molar-refractivity contribution in [2.24, 2.45) is 17.3 Å². The summed E-state index contributed by atoms with van der Waals surface area (Å²) in [7, 11) is 1.80. The van der Waals surface area contributed by atoms with E-state index in [4.69, 9.17) is 4.74 Å². The molecule has 0 amide bonds. The molecule has 146 valence electrons. The Morgan fingerprint density at radius 1 is 1.15 bits per heavy atom. The fraction of sp³-hybridized carbons (Fsp3) is 0.696. The van der Waals surface area contributed by atoms with Crippen molar-refractivity contribution >= 4 is 11.5 Å². The molecule has 1 saturated heterocycles. The molecule has 1 unspecified atom stereocenters. The van der Waals surface area contributed by atoms with E-state index in [0.29, 0.717) is 23.5 Å². The number of rotatable bonds is 2. The normalized spacial score (nSPS) is 35.4. The van der Waals surface area contributed by atoms with Crippen molar-refractivity contribution < 1.29 is 9.53 Å². The number of carbonyl (C=O) groups is 1. The van der Waals surface area contributed by atoms with Crippen LogP contribution >= 0.6 is 0 Å². The van der Waals surface area contributed by atoms with Crippen LogP contribution in [0.2, 0.25) is 0 Å². The van der Waals surface area contributed by atoms with Gasteiger partial charge < -0.3 is 15.0 Å². The van der Waals surface area contributed by atoms with Crippen molar-refractivity contribution in [3.63, 3.8) is 0 Å².